The van der Waals surface area contributed by atoms with Gasteiger partial charge in [0.25, 0.3) is 0 Å². The average Bonchev–Trinajstić information content (AvgIpc) is 3.03. The van der Waals surface area contributed by atoms with Crippen molar-refractivity contribution in [3.8, 4) is 22.7 Å². The maximum atomic E-state index is 8.85. The Morgan fingerprint density at radius 1 is 1.19 bits per heavy atom. The number of nitrogens with zero attached hydrogens (tertiary/aromatic N) is 4. The number of aromatic nitrogens is 3. The highest BCUT2D eigenvalue weighted by Gasteiger charge is 2.07. The monoisotopic (exact) mass is 294 g/mol. The van der Waals surface area contributed by atoms with Crippen molar-refractivity contribution in [2.45, 2.75) is 6.61 Å². The molecular weight excluding hydrogens is 284 g/mol. The van der Waals surface area contributed by atoms with Gasteiger partial charge in [0.1, 0.15) is 12.4 Å². The van der Waals surface area contributed by atoms with Gasteiger partial charge in [-0.25, -0.2) is 15.0 Å². The summed E-state index contributed by atoms with van der Waals surface area (Å²) in [5.74, 6) is 1.26. The standard InChI is InChI=1S/C15H10N4OS/c16-8-11-3-1-4-13(7-11)20-9-12-10-21-15(19-12)14-17-5-2-6-18-14/h1-7,10H,9H2. The number of hydrogen-bond donors (Lipinski definition) is 0. The highest BCUT2D eigenvalue weighted by molar-refractivity contribution is 7.13. The molecule has 21 heavy (non-hydrogen) atoms. The summed E-state index contributed by atoms with van der Waals surface area (Å²) in [6, 6.07) is 10.9. The molecule has 0 aliphatic heterocycles. The lowest BCUT2D eigenvalue weighted by Gasteiger charge is -2.03. The lowest BCUT2D eigenvalue weighted by atomic mass is 10.2. The first-order chi connectivity index (χ1) is 10.3. The van der Waals surface area contributed by atoms with Gasteiger partial charge < -0.3 is 4.74 Å². The Hall–Kier alpha value is -2.78. The van der Waals surface area contributed by atoms with Crippen molar-refractivity contribution >= 4 is 11.3 Å². The molecule has 0 unspecified atom stereocenters. The van der Waals surface area contributed by atoms with Gasteiger partial charge in [0.15, 0.2) is 10.8 Å². The first kappa shape index (κ1) is 13.2. The quantitative estimate of drug-likeness (QED) is 0.739. The Balaban J connectivity index is 1.69. The summed E-state index contributed by atoms with van der Waals surface area (Å²) in [7, 11) is 0. The van der Waals surface area contributed by atoms with Crippen LogP contribution in [0.25, 0.3) is 10.8 Å². The molecule has 0 spiro atoms. The maximum absolute atomic E-state index is 8.85. The zero-order chi connectivity index (χ0) is 14.5. The van der Waals surface area contributed by atoms with Gasteiger partial charge in [-0.1, -0.05) is 6.07 Å². The van der Waals surface area contributed by atoms with Gasteiger partial charge >= 0.3 is 0 Å². The van der Waals surface area contributed by atoms with Crippen LogP contribution in [0.1, 0.15) is 11.3 Å². The minimum absolute atomic E-state index is 0.345. The smallest absolute Gasteiger partial charge is 0.188 e. The highest BCUT2D eigenvalue weighted by atomic mass is 32.1. The fourth-order valence-corrected chi connectivity index (χ4v) is 2.45. The van der Waals surface area contributed by atoms with Crippen molar-refractivity contribution in [2.24, 2.45) is 0 Å². The van der Waals surface area contributed by atoms with Crippen LogP contribution in [0.15, 0.2) is 48.1 Å². The van der Waals surface area contributed by atoms with E-state index < -0.39 is 0 Å². The number of ether oxygens (including phenoxy) is 1. The summed E-state index contributed by atoms with van der Waals surface area (Å²) in [5, 5.41) is 11.5. The topological polar surface area (TPSA) is 71.7 Å². The molecule has 0 fully saturated rings. The summed E-state index contributed by atoms with van der Waals surface area (Å²) in [6.45, 7) is 0.345. The van der Waals surface area contributed by atoms with E-state index >= 15 is 0 Å². The largest absolute Gasteiger partial charge is 0.487 e. The van der Waals surface area contributed by atoms with Crippen LogP contribution in [0.2, 0.25) is 0 Å². The minimum Gasteiger partial charge on any atom is -0.487 e. The second-order valence-electron chi connectivity index (χ2n) is 4.14. The summed E-state index contributed by atoms with van der Waals surface area (Å²) in [6.07, 6.45) is 3.38. The lowest BCUT2D eigenvalue weighted by molar-refractivity contribution is 0.302. The van der Waals surface area contributed by atoms with Crippen molar-refractivity contribution in [3.63, 3.8) is 0 Å². The molecule has 6 heteroatoms. The lowest BCUT2D eigenvalue weighted by Crippen LogP contribution is -1.96. The Morgan fingerprint density at radius 3 is 2.86 bits per heavy atom. The van der Waals surface area contributed by atoms with Crippen LogP contribution in [-0.2, 0) is 6.61 Å². The molecule has 0 aliphatic rings. The molecule has 5 nitrogen and oxygen atoms in total. The molecule has 0 aliphatic carbocycles. The van der Waals surface area contributed by atoms with E-state index in [0.29, 0.717) is 23.7 Å². The number of thiazole rings is 1. The molecule has 0 amide bonds. The van der Waals surface area contributed by atoms with Gasteiger partial charge in [0.2, 0.25) is 0 Å². The Morgan fingerprint density at radius 2 is 2.05 bits per heavy atom. The number of hydrogen-bond acceptors (Lipinski definition) is 6. The normalized spacial score (nSPS) is 10.0. The Labute approximate surface area is 125 Å². The summed E-state index contributed by atoms with van der Waals surface area (Å²) < 4.78 is 5.64. The number of rotatable bonds is 4. The van der Waals surface area contributed by atoms with Gasteiger partial charge in [0, 0.05) is 17.8 Å². The highest BCUT2D eigenvalue weighted by Crippen LogP contribution is 2.21. The molecule has 3 aromatic rings. The van der Waals surface area contributed by atoms with Crippen molar-refractivity contribution < 1.29 is 4.74 Å². The van der Waals surface area contributed by atoms with E-state index in [1.165, 1.54) is 11.3 Å². The third-order valence-electron chi connectivity index (χ3n) is 2.66. The molecule has 2 aromatic heterocycles. The second kappa shape index (κ2) is 6.11. The fraction of sp³-hybridized carbons (Fsp3) is 0.0667. The van der Waals surface area contributed by atoms with Crippen molar-refractivity contribution in [3.05, 3.63) is 59.4 Å². The maximum Gasteiger partial charge on any atom is 0.188 e. The zero-order valence-electron chi connectivity index (χ0n) is 10.9. The molecule has 3 rings (SSSR count). The van der Waals surface area contributed by atoms with Gasteiger partial charge in [-0.2, -0.15) is 5.26 Å². The minimum atomic E-state index is 0.345. The van der Waals surface area contributed by atoms with E-state index in [4.69, 9.17) is 10.00 Å². The van der Waals surface area contributed by atoms with E-state index in [9.17, 15) is 0 Å². The molecule has 2 heterocycles. The molecular formula is C15H10N4OS. The van der Waals surface area contributed by atoms with E-state index in [2.05, 4.69) is 21.0 Å². The van der Waals surface area contributed by atoms with Crippen LogP contribution >= 0.6 is 11.3 Å². The van der Waals surface area contributed by atoms with Crippen molar-refractivity contribution in [1.29, 1.82) is 5.26 Å². The van der Waals surface area contributed by atoms with Gasteiger partial charge in [-0.15, -0.1) is 11.3 Å². The molecule has 0 radical (unpaired) electrons. The molecule has 0 bridgehead atoms. The van der Waals surface area contributed by atoms with Crippen LogP contribution in [-0.4, -0.2) is 15.0 Å². The second-order valence-corrected chi connectivity index (χ2v) is 5.00. The van der Waals surface area contributed by atoms with Crippen LogP contribution < -0.4 is 4.74 Å². The number of benzene rings is 1. The van der Waals surface area contributed by atoms with Gasteiger partial charge in [0.05, 0.1) is 17.3 Å². The molecule has 0 N–H and O–H groups in total. The fourth-order valence-electron chi connectivity index (χ4n) is 1.70. The van der Waals surface area contributed by atoms with Crippen LogP contribution in [0.4, 0.5) is 0 Å². The van der Waals surface area contributed by atoms with E-state index in [1.54, 1.807) is 36.7 Å². The average molecular weight is 294 g/mol. The van der Waals surface area contributed by atoms with Crippen molar-refractivity contribution in [1.82, 2.24) is 15.0 Å². The van der Waals surface area contributed by atoms with E-state index in [-0.39, 0.29) is 0 Å². The van der Waals surface area contributed by atoms with Gasteiger partial charge in [-0.3, -0.25) is 0 Å². The molecule has 0 atom stereocenters. The van der Waals surface area contributed by atoms with E-state index in [0.717, 1.165) is 10.7 Å². The third kappa shape index (κ3) is 3.22. The Kier molecular flexibility index (Phi) is 3.85. The first-order valence-corrected chi connectivity index (χ1v) is 7.08. The Bertz CT molecular complexity index is 780. The number of nitriles is 1. The van der Waals surface area contributed by atoms with Crippen LogP contribution in [0, 0.1) is 11.3 Å². The zero-order valence-corrected chi connectivity index (χ0v) is 11.7. The molecule has 0 saturated carbocycles. The van der Waals surface area contributed by atoms with Crippen LogP contribution in [0.3, 0.4) is 0 Å². The summed E-state index contributed by atoms with van der Waals surface area (Å²) in [5.41, 5.74) is 1.38. The van der Waals surface area contributed by atoms with Crippen molar-refractivity contribution in [2.75, 3.05) is 0 Å². The van der Waals surface area contributed by atoms with Gasteiger partial charge in [-0.05, 0) is 24.3 Å². The molecule has 0 saturated heterocycles. The molecule has 1 aromatic carbocycles. The molecule has 102 valence electrons. The summed E-state index contributed by atoms with van der Waals surface area (Å²) in [4.78, 5) is 12.8. The predicted molar refractivity (Wildman–Crippen MR) is 78.6 cm³/mol. The third-order valence-corrected chi connectivity index (χ3v) is 3.55. The predicted octanol–water partition coefficient (Wildman–Crippen LogP) is 3.05. The first-order valence-electron chi connectivity index (χ1n) is 6.20. The van der Waals surface area contributed by atoms with Crippen LogP contribution in [0.5, 0.6) is 5.75 Å². The van der Waals surface area contributed by atoms with E-state index in [1.807, 2.05) is 11.4 Å². The summed E-state index contributed by atoms with van der Waals surface area (Å²) >= 11 is 1.48. The SMILES string of the molecule is N#Cc1cccc(OCc2csc(-c3ncccn3)n2)c1.